The molecule has 4 nitrogen and oxygen atoms in total. The highest BCUT2D eigenvalue weighted by molar-refractivity contribution is 5.88. The predicted octanol–water partition coefficient (Wildman–Crippen LogP) is 3.58. The van der Waals surface area contributed by atoms with E-state index in [1.165, 1.54) is 5.57 Å². The van der Waals surface area contributed by atoms with Gasteiger partial charge in [-0.25, -0.2) is 4.98 Å². The molecule has 0 unspecified atom stereocenters. The number of nitrogens with zero attached hydrogens (tertiary/aromatic N) is 1. The molecule has 4 rings (SSSR count). The summed E-state index contributed by atoms with van der Waals surface area (Å²) in [7, 11) is 1.86. The number of pyridine rings is 2. The summed E-state index contributed by atoms with van der Waals surface area (Å²) in [5.74, 6) is 0.856. The Morgan fingerprint density at radius 3 is 2.42 bits per heavy atom. The molecule has 2 N–H and O–H groups in total. The monoisotopic (exact) mass is 315 g/mol. The van der Waals surface area contributed by atoms with E-state index in [0.717, 1.165) is 33.6 Å². The first-order valence-corrected chi connectivity index (χ1v) is 7.90. The van der Waals surface area contributed by atoms with Gasteiger partial charge in [0.2, 0.25) is 0 Å². The molecule has 4 heteroatoms. The molecular weight excluding hydrogens is 298 g/mol. The van der Waals surface area contributed by atoms with Crippen molar-refractivity contribution in [1.29, 1.82) is 0 Å². The summed E-state index contributed by atoms with van der Waals surface area (Å²) in [5, 5.41) is 3.02. The number of anilines is 1. The molecular formula is C20H17N3O. The quantitative estimate of drug-likeness (QED) is 0.777. The van der Waals surface area contributed by atoms with Gasteiger partial charge in [-0.1, -0.05) is 30.3 Å². The van der Waals surface area contributed by atoms with Crippen LogP contribution in [-0.4, -0.2) is 17.0 Å². The molecule has 0 radical (unpaired) electrons. The van der Waals surface area contributed by atoms with Crippen LogP contribution in [0.2, 0.25) is 0 Å². The Balaban J connectivity index is 1.61. The summed E-state index contributed by atoms with van der Waals surface area (Å²) in [5.41, 5.74) is 6.41. The zero-order valence-electron chi connectivity index (χ0n) is 13.3. The van der Waals surface area contributed by atoms with E-state index in [4.69, 9.17) is 0 Å². The highest BCUT2D eigenvalue weighted by Crippen LogP contribution is 2.30. The van der Waals surface area contributed by atoms with Gasteiger partial charge in [0.1, 0.15) is 5.82 Å². The van der Waals surface area contributed by atoms with Crippen LogP contribution in [0.3, 0.4) is 0 Å². The average molecular weight is 315 g/mol. The molecule has 0 amide bonds. The molecule has 3 aromatic rings. The predicted molar refractivity (Wildman–Crippen MR) is 97.9 cm³/mol. The molecule has 0 spiro atoms. The summed E-state index contributed by atoms with van der Waals surface area (Å²) >= 11 is 0. The van der Waals surface area contributed by atoms with Crippen molar-refractivity contribution in [3.63, 3.8) is 0 Å². The Hall–Kier alpha value is -3.14. The summed E-state index contributed by atoms with van der Waals surface area (Å²) in [6.07, 6.45) is 6.35. The van der Waals surface area contributed by atoms with E-state index in [9.17, 15) is 4.79 Å². The van der Waals surface area contributed by atoms with E-state index < -0.39 is 0 Å². The van der Waals surface area contributed by atoms with Crippen LogP contribution in [0, 0.1) is 0 Å². The number of hydrogen-bond acceptors (Lipinski definition) is 3. The maximum atomic E-state index is 11.9. The molecule has 2 heterocycles. The van der Waals surface area contributed by atoms with Gasteiger partial charge < -0.3 is 10.3 Å². The zero-order valence-corrected chi connectivity index (χ0v) is 13.3. The molecule has 0 aliphatic heterocycles. The second-order valence-electron chi connectivity index (χ2n) is 5.85. The summed E-state index contributed by atoms with van der Waals surface area (Å²) in [6, 6.07) is 14.4. The van der Waals surface area contributed by atoms with Crippen molar-refractivity contribution in [2.24, 2.45) is 0 Å². The first-order valence-electron chi connectivity index (χ1n) is 7.90. The molecule has 0 bridgehead atoms. The zero-order chi connectivity index (χ0) is 16.5. The van der Waals surface area contributed by atoms with Crippen molar-refractivity contribution in [3.05, 3.63) is 81.9 Å². The van der Waals surface area contributed by atoms with Crippen LogP contribution < -0.4 is 10.9 Å². The van der Waals surface area contributed by atoms with Crippen LogP contribution in [0.5, 0.6) is 0 Å². The minimum Gasteiger partial charge on any atom is -0.373 e. The minimum atomic E-state index is 0.00562. The molecule has 24 heavy (non-hydrogen) atoms. The van der Waals surface area contributed by atoms with Crippen LogP contribution >= 0.6 is 0 Å². The second-order valence-corrected chi connectivity index (χ2v) is 5.85. The van der Waals surface area contributed by atoms with Crippen molar-refractivity contribution >= 4 is 17.5 Å². The Morgan fingerprint density at radius 2 is 1.75 bits per heavy atom. The molecule has 118 valence electrons. The number of aromatic amines is 1. The largest absolute Gasteiger partial charge is 0.373 e. The van der Waals surface area contributed by atoms with E-state index in [0.29, 0.717) is 6.42 Å². The summed E-state index contributed by atoms with van der Waals surface area (Å²) < 4.78 is 0. The molecule has 0 saturated heterocycles. The smallest absolute Gasteiger partial charge is 0.252 e. The first-order chi connectivity index (χ1) is 11.7. The third kappa shape index (κ3) is 2.52. The van der Waals surface area contributed by atoms with E-state index in [2.05, 4.69) is 51.7 Å². The standard InChI is InChI=1S/C20H17N3O/c1-21-19-7-6-16(12-23-19)13-2-4-14(5-3-13)17-10-15-8-9-22-20(24)18(15)11-17/h2-10,12H,11H2,1H3,(H,21,23)(H,22,24). The lowest BCUT2D eigenvalue weighted by Gasteiger charge is -2.06. The number of rotatable bonds is 3. The number of fused-ring (bicyclic) bond motifs is 1. The average Bonchev–Trinajstić information content (AvgIpc) is 3.08. The van der Waals surface area contributed by atoms with Gasteiger partial charge in [0.15, 0.2) is 0 Å². The number of nitrogens with one attached hydrogen (secondary N) is 2. The Bertz CT molecular complexity index is 967. The fourth-order valence-corrected chi connectivity index (χ4v) is 3.05. The van der Waals surface area contributed by atoms with Crippen molar-refractivity contribution in [1.82, 2.24) is 9.97 Å². The third-order valence-electron chi connectivity index (χ3n) is 4.41. The Labute approximate surface area is 139 Å². The van der Waals surface area contributed by atoms with E-state index in [-0.39, 0.29) is 5.56 Å². The Kier molecular flexibility index (Phi) is 3.50. The number of allylic oxidation sites excluding steroid dienone is 1. The van der Waals surface area contributed by atoms with Crippen LogP contribution in [0.25, 0.3) is 22.8 Å². The van der Waals surface area contributed by atoms with Crippen molar-refractivity contribution in [2.45, 2.75) is 6.42 Å². The first kappa shape index (κ1) is 14.5. The van der Waals surface area contributed by atoms with Gasteiger partial charge in [-0.15, -0.1) is 0 Å². The van der Waals surface area contributed by atoms with Gasteiger partial charge in [-0.05, 0) is 40.5 Å². The van der Waals surface area contributed by atoms with Gasteiger partial charge in [0, 0.05) is 37.0 Å². The normalized spacial score (nSPS) is 12.6. The van der Waals surface area contributed by atoms with Crippen molar-refractivity contribution in [3.8, 4) is 11.1 Å². The maximum Gasteiger partial charge on any atom is 0.252 e. The number of benzene rings is 1. The van der Waals surface area contributed by atoms with Gasteiger partial charge in [0.25, 0.3) is 5.56 Å². The maximum absolute atomic E-state index is 11.9. The molecule has 1 aromatic carbocycles. The minimum absolute atomic E-state index is 0.00562. The van der Waals surface area contributed by atoms with Gasteiger partial charge in [-0.2, -0.15) is 0 Å². The van der Waals surface area contributed by atoms with Crippen LogP contribution in [0.1, 0.15) is 16.7 Å². The van der Waals surface area contributed by atoms with E-state index in [1.54, 1.807) is 6.20 Å². The van der Waals surface area contributed by atoms with Gasteiger partial charge in [-0.3, -0.25) is 4.79 Å². The van der Waals surface area contributed by atoms with Crippen molar-refractivity contribution in [2.75, 3.05) is 12.4 Å². The van der Waals surface area contributed by atoms with E-state index in [1.807, 2.05) is 25.4 Å². The molecule has 0 atom stereocenters. The van der Waals surface area contributed by atoms with Crippen LogP contribution in [0.4, 0.5) is 5.82 Å². The highest BCUT2D eigenvalue weighted by Gasteiger charge is 2.16. The Morgan fingerprint density at radius 1 is 1.00 bits per heavy atom. The SMILES string of the molecule is CNc1ccc(-c2ccc(C3=Cc4cc[nH]c(=O)c4C3)cc2)cn1. The molecule has 0 fully saturated rings. The number of hydrogen-bond donors (Lipinski definition) is 2. The second kappa shape index (κ2) is 5.81. The fourth-order valence-electron chi connectivity index (χ4n) is 3.05. The van der Waals surface area contributed by atoms with Gasteiger partial charge in [0.05, 0.1) is 0 Å². The molecule has 0 saturated carbocycles. The fraction of sp³-hybridized carbons (Fsp3) is 0.100. The number of aromatic nitrogens is 2. The summed E-state index contributed by atoms with van der Waals surface area (Å²) in [4.78, 5) is 19.0. The molecule has 2 aromatic heterocycles. The van der Waals surface area contributed by atoms with Crippen LogP contribution in [-0.2, 0) is 6.42 Å². The highest BCUT2D eigenvalue weighted by atomic mass is 16.1. The molecule has 1 aliphatic carbocycles. The topological polar surface area (TPSA) is 57.8 Å². The lowest BCUT2D eigenvalue weighted by atomic mass is 10.0. The summed E-state index contributed by atoms with van der Waals surface area (Å²) in [6.45, 7) is 0. The number of H-pyrrole nitrogens is 1. The molecule has 1 aliphatic rings. The van der Waals surface area contributed by atoms with Crippen LogP contribution in [0.15, 0.2) is 59.7 Å². The van der Waals surface area contributed by atoms with E-state index >= 15 is 0 Å². The lowest BCUT2D eigenvalue weighted by Crippen LogP contribution is -2.11. The lowest BCUT2D eigenvalue weighted by molar-refractivity contribution is 1.14. The van der Waals surface area contributed by atoms with Crippen molar-refractivity contribution < 1.29 is 0 Å². The third-order valence-corrected chi connectivity index (χ3v) is 4.41. The van der Waals surface area contributed by atoms with Gasteiger partial charge >= 0.3 is 0 Å².